The van der Waals surface area contributed by atoms with Gasteiger partial charge < -0.3 is 166 Å². The summed E-state index contributed by atoms with van der Waals surface area (Å²) in [5, 5.41) is 0. The number of quaternary nitrogens is 4. The van der Waals surface area contributed by atoms with E-state index in [-0.39, 0.29) is 21.1 Å². The maximum Gasteiger partial charge on any atom is 4.00 e. The molecule has 0 bridgehead atoms. The third-order valence-electron chi connectivity index (χ3n) is 6.61. The molecule has 0 aromatic rings. The van der Waals surface area contributed by atoms with E-state index in [1.165, 1.54) is 0 Å². The first-order valence-corrected chi connectivity index (χ1v) is 23.0. The molecule has 0 spiro atoms. The molecule has 0 radical (unpaired) electrons. The zero-order valence-corrected chi connectivity index (χ0v) is 47.2. The summed E-state index contributed by atoms with van der Waals surface area (Å²) in [6.45, 7) is 41.3. The second-order valence-corrected chi connectivity index (χ2v) is 24.2. The van der Waals surface area contributed by atoms with Gasteiger partial charge in [0.1, 0.15) is 0 Å². The Hall–Kier alpha value is 3.17. The van der Waals surface area contributed by atoms with Gasteiger partial charge in [0.15, 0.2) is 0 Å². The van der Waals surface area contributed by atoms with Crippen LogP contribution < -0.4 is 0 Å². The minimum Gasteiger partial charge on any atom is -0.489 e. The van der Waals surface area contributed by atoms with E-state index in [0.717, 1.165) is 52.4 Å². The van der Waals surface area contributed by atoms with Crippen molar-refractivity contribution < 1.29 is 36.6 Å². The van der Waals surface area contributed by atoms with Gasteiger partial charge in [-0.1, -0.05) is 111 Å². The first-order chi connectivity index (χ1) is 23.1. The molecule has 0 aliphatic carbocycles. The maximum absolute atomic E-state index is 5.47. The Balaban J connectivity index is -0.000000192. The molecular formula is C36H72MoN4S12. The largest absolute Gasteiger partial charge is 4.00 e. The van der Waals surface area contributed by atoms with Gasteiger partial charge in [-0.15, -0.1) is 0 Å². The molecule has 314 valence electrons. The topological polar surface area (TPSA) is 0 Å². The van der Waals surface area contributed by atoms with E-state index in [9.17, 15) is 0 Å². The smallest absolute Gasteiger partial charge is 0.489 e. The standard InChI is InChI=1S/4C9H19NS3.Mo/c4*1-7(2)5-10(13,9(11)12)6-8(3)4;/h4*7-8H,5-6H2,1-4H3,(H,11,12);/q;;;;+4/p-4. The molecule has 0 atom stereocenters. The van der Waals surface area contributed by atoms with E-state index in [1.807, 2.05) is 0 Å². The normalized spacial score (nSPS) is 12.3. The van der Waals surface area contributed by atoms with Crippen LogP contribution in [0.25, 0.3) is 0 Å². The van der Waals surface area contributed by atoms with Crippen LogP contribution in [0.5, 0.6) is 0 Å². The number of hydrogen-bond acceptors (Lipinski definition) is 12. The Morgan fingerprint density at radius 1 is 0.302 bits per heavy atom. The van der Waals surface area contributed by atoms with Crippen molar-refractivity contribution in [1.29, 1.82) is 0 Å². The van der Waals surface area contributed by atoms with E-state index in [2.05, 4.69) is 111 Å². The second-order valence-electron chi connectivity index (χ2n) is 17.2. The fraction of sp³-hybridized carbons (Fsp3) is 0.889. The van der Waals surface area contributed by atoms with E-state index >= 15 is 0 Å². The van der Waals surface area contributed by atoms with E-state index in [0.29, 0.717) is 80.2 Å². The van der Waals surface area contributed by atoms with Crippen molar-refractivity contribution >= 4 is 168 Å². The summed E-state index contributed by atoms with van der Waals surface area (Å²) in [7, 11) is 0. The van der Waals surface area contributed by atoms with Crippen LogP contribution in [0, 0.1) is 47.3 Å². The molecule has 4 nitrogen and oxygen atoms in total. The van der Waals surface area contributed by atoms with Crippen LogP contribution >= 0.6 is 48.9 Å². The van der Waals surface area contributed by atoms with Crippen molar-refractivity contribution in [3.05, 3.63) is 0 Å². The summed E-state index contributed by atoms with van der Waals surface area (Å²) in [6, 6.07) is 0. The molecule has 0 heterocycles. The quantitative estimate of drug-likeness (QED) is 0.0626. The van der Waals surface area contributed by atoms with Gasteiger partial charge in [0.25, 0.3) is 0 Å². The molecular weight excluding hydrogens is 969 g/mol. The number of hydrogen-bond donors (Lipinski definition) is 0. The maximum atomic E-state index is 5.47. The molecule has 53 heavy (non-hydrogen) atoms. The minimum absolute atomic E-state index is 0. The minimum atomic E-state index is 0. The SMILES string of the molecule is CC(C)C[N+]([S-])(CC(C)C)C(=S)[S-].CC(C)C[N+]([S-])(CC(C)C)C(=S)[S-].CC(C)C[N+]([S-])(CC(C)C)C(=S)[S-].CC(C)C[N+]([S-])(CC(C)C)C(=S)[S-].[Mo+4]. The molecule has 0 saturated carbocycles. The van der Waals surface area contributed by atoms with Crippen LogP contribution in [0.3, 0.4) is 0 Å². The average molecular weight is 1040 g/mol. The Bertz CT molecular complexity index is 838. The van der Waals surface area contributed by atoms with Gasteiger partial charge >= 0.3 is 21.1 Å². The Morgan fingerprint density at radius 2 is 0.377 bits per heavy atom. The predicted octanol–water partition coefficient (Wildman–Crippen LogP) is 9.63. The molecule has 0 aliphatic rings. The number of rotatable bonds is 16. The van der Waals surface area contributed by atoms with Crippen molar-refractivity contribution in [3.63, 3.8) is 0 Å². The first-order valence-electron chi connectivity index (χ1n) is 18.3. The zero-order chi connectivity index (χ0) is 42.6. The molecule has 0 rings (SSSR count). The van der Waals surface area contributed by atoms with Crippen molar-refractivity contribution in [3.8, 4) is 0 Å². The van der Waals surface area contributed by atoms with Gasteiger partial charge in [-0.2, -0.15) is 0 Å². The van der Waals surface area contributed by atoms with Gasteiger partial charge in [-0.25, -0.2) is 0 Å². The molecule has 0 N–H and O–H groups in total. The fourth-order valence-corrected chi connectivity index (χ4v) is 9.19. The van der Waals surface area contributed by atoms with Crippen LogP contribution in [0.1, 0.15) is 111 Å². The summed E-state index contributed by atoms with van der Waals surface area (Å²) < 4.78 is 3.43. The molecule has 0 aromatic heterocycles. The predicted molar refractivity (Wildman–Crippen MR) is 268 cm³/mol. The third kappa shape index (κ3) is 34.6. The van der Waals surface area contributed by atoms with Crippen LogP contribution in [-0.4, -0.2) is 85.2 Å². The molecule has 17 heteroatoms. The number of thiocarbonyl (C=S) groups is 4. The van der Waals surface area contributed by atoms with Crippen molar-refractivity contribution in [2.24, 2.45) is 47.3 Å². The summed E-state index contributed by atoms with van der Waals surface area (Å²) in [5.41, 5.74) is 0. The molecule has 0 unspecified atom stereocenters. The van der Waals surface area contributed by atoms with E-state index in [1.54, 1.807) is 0 Å². The van der Waals surface area contributed by atoms with Gasteiger partial charge in [-0.05, 0) is 0 Å². The average Bonchev–Trinajstić information content (AvgIpc) is 2.85. The van der Waals surface area contributed by atoms with Crippen molar-refractivity contribution in [1.82, 2.24) is 0 Å². The van der Waals surface area contributed by atoms with Crippen LogP contribution in [-0.2, 0) is 123 Å². The molecule has 0 aliphatic heterocycles. The second kappa shape index (κ2) is 32.0. The summed E-state index contributed by atoms with van der Waals surface area (Å²) in [6.07, 6.45) is 0. The van der Waals surface area contributed by atoms with Crippen molar-refractivity contribution in [2.45, 2.75) is 111 Å². The molecule has 0 amide bonds. The Morgan fingerprint density at radius 3 is 0.415 bits per heavy atom. The summed E-state index contributed by atoms with van der Waals surface area (Å²) in [5.74, 6) is 4.31. The van der Waals surface area contributed by atoms with Gasteiger partial charge in [0.2, 0.25) is 0 Å². The fourth-order valence-electron chi connectivity index (χ4n) is 5.61. The molecule has 0 saturated heterocycles. The van der Waals surface area contributed by atoms with Gasteiger partial charge in [-0.3, -0.25) is 0 Å². The number of nitrogens with zero attached hydrogens (tertiary/aromatic N) is 4. The van der Waals surface area contributed by atoms with Crippen LogP contribution in [0.2, 0.25) is 0 Å². The van der Waals surface area contributed by atoms with Gasteiger partial charge in [0.05, 0.1) is 52.4 Å². The van der Waals surface area contributed by atoms with Gasteiger partial charge in [0, 0.05) is 64.6 Å². The Kier molecular flexibility index (Phi) is 39.4. The molecule has 0 aromatic carbocycles. The summed E-state index contributed by atoms with van der Waals surface area (Å²) in [4.78, 5) is 0. The van der Waals surface area contributed by atoms with Crippen molar-refractivity contribution in [2.75, 3.05) is 52.4 Å². The summed E-state index contributed by atoms with van der Waals surface area (Å²) >= 11 is 62.3. The molecule has 0 fully saturated rings. The Labute approximate surface area is 410 Å². The first kappa shape index (κ1) is 65.3. The zero-order valence-electron chi connectivity index (χ0n) is 35.4. The third-order valence-corrected chi connectivity index (χ3v) is 12.3. The van der Waals surface area contributed by atoms with Crippen LogP contribution in [0.4, 0.5) is 0 Å². The van der Waals surface area contributed by atoms with Crippen LogP contribution in [0.15, 0.2) is 0 Å². The van der Waals surface area contributed by atoms with E-state index in [4.69, 9.17) is 151 Å². The monoisotopic (exact) mass is 1040 g/mol. The van der Waals surface area contributed by atoms with E-state index < -0.39 is 0 Å².